The summed E-state index contributed by atoms with van der Waals surface area (Å²) in [5, 5.41) is 3.61. The Labute approximate surface area is 107 Å². The van der Waals surface area contributed by atoms with Crippen molar-refractivity contribution in [3.05, 3.63) is 0 Å². The number of nitrogens with one attached hydrogen (secondary N) is 1. The molecule has 1 N–H and O–H groups in total. The fraction of sp³-hybridized carbons (Fsp3) is 1.00. The van der Waals surface area contributed by atoms with Crippen LogP contribution in [0.25, 0.3) is 0 Å². The minimum Gasteiger partial charge on any atom is -0.316 e. The van der Waals surface area contributed by atoms with E-state index < -0.39 is 0 Å². The zero-order chi connectivity index (χ0) is 12.3. The molecule has 0 aromatic rings. The summed E-state index contributed by atoms with van der Waals surface area (Å²) in [5.41, 5.74) is 0.559. The molecular weight excluding hydrogens is 214 g/mol. The van der Waals surface area contributed by atoms with Gasteiger partial charge in [-0.15, -0.1) is 0 Å². The van der Waals surface area contributed by atoms with Gasteiger partial charge in [-0.3, -0.25) is 0 Å². The van der Waals surface area contributed by atoms with E-state index in [-0.39, 0.29) is 0 Å². The SMILES string of the molecule is CCCNCC(CC)(CC)CCCSCC. The Balaban J connectivity index is 3.90. The zero-order valence-corrected chi connectivity index (χ0v) is 12.6. The molecular formula is C14H31NS. The second-order valence-electron chi connectivity index (χ2n) is 4.68. The Bertz CT molecular complexity index is 144. The van der Waals surface area contributed by atoms with Crippen LogP contribution in [0.4, 0.5) is 0 Å². The molecule has 0 saturated heterocycles. The molecule has 0 aromatic carbocycles. The Morgan fingerprint density at radius 3 is 2.25 bits per heavy atom. The Kier molecular flexibility index (Phi) is 10.7. The lowest BCUT2D eigenvalue weighted by Gasteiger charge is -2.32. The highest BCUT2D eigenvalue weighted by Gasteiger charge is 2.24. The number of rotatable bonds is 11. The van der Waals surface area contributed by atoms with Crippen molar-refractivity contribution in [1.82, 2.24) is 5.32 Å². The van der Waals surface area contributed by atoms with E-state index in [0.29, 0.717) is 5.41 Å². The molecule has 0 aliphatic heterocycles. The van der Waals surface area contributed by atoms with Crippen molar-refractivity contribution in [2.75, 3.05) is 24.6 Å². The fourth-order valence-electron chi connectivity index (χ4n) is 2.17. The van der Waals surface area contributed by atoms with Crippen molar-refractivity contribution in [3.8, 4) is 0 Å². The molecule has 0 aliphatic rings. The number of thioether (sulfide) groups is 1. The van der Waals surface area contributed by atoms with Crippen LogP contribution in [0.15, 0.2) is 0 Å². The van der Waals surface area contributed by atoms with Crippen molar-refractivity contribution >= 4 is 11.8 Å². The van der Waals surface area contributed by atoms with E-state index in [1.54, 1.807) is 0 Å². The standard InChI is InChI=1S/C14H31NS/c1-5-11-15-13-14(6-2,7-3)10-9-12-16-8-4/h15H,5-13H2,1-4H3. The van der Waals surface area contributed by atoms with Crippen LogP contribution in [0, 0.1) is 5.41 Å². The van der Waals surface area contributed by atoms with Gasteiger partial charge in [-0.1, -0.05) is 27.7 Å². The molecule has 0 saturated carbocycles. The largest absolute Gasteiger partial charge is 0.316 e. The molecule has 0 atom stereocenters. The van der Waals surface area contributed by atoms with Gasteiger partial charge in [0.2, 0.25) is 0 Å². The molecule has 0 heterocycles. The van der Waals surface area contributed by atoms with Crippen LogP contribution < -0.4 is 5.32 Å². The summed E-state index contributed by atoms with van der Waals surface area (Å²) in [6.45, 7) is 11.6. The predicted molar refractivity (Wildman–Crippen MR) is 78.4 cm³/mol. The van der Waals surface area contributed by atoms with Gasteiger partial charge in [-0.05, 0) is 55.6 Å². The van der Waals surface area contributed by atoms with Gasteiger partial charge in [0.15, 0.2) is 0 Å². The molecule has 1 nitrogen and oxygen atoms in total. The molecule has 0 bridgehead atoms. The average Bonchev–Trinajstić information content (AvgIpc) is 2.33. The topological polar surface area (TPSA) is 12.0 Å². The third kappa shape index (κ3) is 6.80. The van der Waals surface area contributed by atoms with Crippen molar-refractivity contribution in [2.45, 2.75) is 59.8 Å². The summed E-state index contributed by atoms with van der Waals surface area (Å²) in [7, 11) is 0. The van der Waals surface area contributed by atoms with Gasteiger partial charge in [-0.25, -0.2) is 0 Å². The fourth-order valence-corrected chi connectivity index (χ4v) is 2.80. The molecule has 0 aliphatic carbocycles. The van der Waals surface area contributed by atoms with Crippen LogP contribution in [0.5, 0.6) is 0 Å². The Morgan fingerprint density at radius 2 is 1.75 bits per heavy atom. The molecule has 98 valence electrons. The summed E-state index contributed by atoms with van der Waals surface area (Å²) in [4.78, 5) is 0. The van der Waals surface area contributed by atoms with Gasteiger partial charge in [-0.2, -0.15) is 11.8 Å². The quantitative estimate of drug-likeness (QED) is 0.544. The van der Waals surface area contributed by atoms with Gasteiger partial charge < -0.3 is 5.32 Å². The molecule has 0 unspecified atom stereocenters. The molecule has 0 fully saturated rings. The van der Waals surface area contributed by atoms with Gasteiger partial charge in [0.25, 0.3) is 0 Å². The van der Waals surface area contributed by atoms with Gasteiger partial charge >= 0.3 is 0 Å². The summed E-state index contributed by atoms with van der Waals surface area (Å²) < 4.78 is 0. The van der Waals surface area contributed by atoms with E-state index in [0.717, 1.165) is 0 Å². The molecule has 0 rings (SSSR count). The monoisotopic (exact) mass is 245 g/mol. The van der Waals surface area contributed by atoms with Crippen LogP contribution in [0.3, 0.4) is 0 Å². The number of hydrogen-bond donors (Lipinski definition) is 1. The van der Waals surface area contributed by atoms with E-state index in [2.05, 4.69) is 44.8 Å². The van der Waals surface area contributed by atoms with Gasteiger partial charge in [0, 0.05) is 6.54 Å². The van der Waals surface area contributed by atoms with Crippen molar-refractivity contribution in [3.63, 3.8) is 0 Å². The molecule has 0 radical (unpaired) electrons. The maximum Gasteiger partial charge on any atom is 0.000760 e. The van der Waals surface area contributed by atoms with E-state index in [1.165, 1.54) is 56.7 Å². The molecule has 0 aromatic heterocycles. The summed E-state index contributed by atoms with van der Waals surface area (Å²) in [5.74, 6) is 2.60. The van der Waals surface area contributed by atoms with Crippen LogP contribution >= 0.6 is 11.8 Å². The Hall–Kier alpha value is 0.310. The van der Waals surface area contributed by atoms with E-state index in [9.17, 15) is 0 Å². The van der Waals surface area contributed by atoms with E-state index in [1.807, 2.05) is 0 Å². The first kappa shape index (κ1) is 16.3. The van der Waals surface area contributed by atoms with Crippen LogP contribution in [0.2, 0.25) is 0 Å². The van der Waals surface area contributed by atoms with E-state index >= 15 is 0 Å². The van der Waals surface area contributed by atoms with Gasteiger partial charge in [0.05, 0.1) is 0 Å². The summed E-state index contributed by atoms with van der Waals surface area (Å²) in [6, 6.07) is 0. The predicted octanol–water partition coefficient (Wildman–Crippen LogP) is 4.33. The van der Waals surface area contributed by atoms with Crippen LogP contribution in [0.1, 0.15) is 59.8 Å². The van der Waals surface area contributed by atoms with E-state index in [4.69, 9.17) is 0 Å². The van der Waals surface area contributed by atoms with Crippen molar-refractivity contribution < 1.29 is 0 Å². The minimum absolute atomic E-state index is 0.559. The second kappa shape index (κ2) is 10.5. The molecule has 0 amide bonds. The Morgan fingerprint density at radius 1 is 1.06 bits per heavy atom. The summed E-state index contributed by atoms with van der Waals surface area (Å²) >= 11 is 2.08. The molecule has 16 heavy (non-hydrogen) atoms. The lowest BCUT2D eigenvalue weighted by atomic mass is 9.78. The summed E-state index contributed by atoms with van der Waals surface area (Å²) in [6.07, 6.45) is 6.65. The second-order valence-corrected chi connectivity index (χ2v) is 6.08. The average molecular weight is 245 g/mol. The number of hydrogen-bond acceptors (Lipinski definition) is 2. The molecule has 2 heteroatoms. The highest BCUT2D eigenvalue weighted by atomic mass is 32.2. The minimum atomic E-state index is 0.559. The van der Waals surface area contributed by atoms with Crippen LogP contribution in [-0.4, -0.2) is 24.6 Å². The lowest BCUT2D eigenvalue weighted by Crippen LogP contribution is -2.34. The van der Waals surface area contributed by atoms with Crippen molar-refractivity contribution in [2.24, 2.45) is 5.41 Å². The van der Waals surface area contributed by atoms with Gasteiger partial charge in [0.1, 0.15) is 0 Å². The van der Waals surface area contributed by atoms with Crippen molar-refractivity contribution in [1.29, 1.82) is 0 Å². The van der Waals surface area contributed by atoms with Crippen LogP contribution in [-0.2, 0) is 0 Å². The zero-order valence-electron chi connectivity index (χ0n) is 11.8. The smallest absolute Gasteiger partial charge is 0.000760 e. The third-order valence-electron chi connectivity index (χ3n) is 3.63. The first-order valence-corrected chi connectivity index (χ1v) is 8.18. The third-order valence-corrected chi connectivity index (χ3v) is 4.61. The maximum absolute atomic E-state index is 3.61. The lowest BCUT2D eigenvalue weighted by molar-refractivity contribution is 0.227. The first-order valence-electron chi connectivity index (χ1n) is 7.03. The molecule has 0 spiro atoms. The normalized spacial score (nSPS) is 12.0. The maximum atomic E-state index is 3.61. The first-order chi connectivity index (χ1) is 7.74. The highest BCUT2D eigenvalue weighted by molar-refractivity contribution is 7.99. The highest BCUT2D eigenvalue weighted by Crippen LogP contribution is 2.31.